The first kappa shape index (κ1) is 10.7. The average molecular weight is 210 g/mol. The predicted molar refractivity (Wildman–Crippen MR) is 55.3 cm³/mol. The van der Waals surface area contributed by atoms with Crippen LogP contribution in [0.2, 0.25) is 0 Å². The molecule has 1 aliphatic carbocycles. The molecule has 1 heterocycles. The Bertz CT molecular complexity index is 260. The van der Waals surface area contributed by atoms with Crippen molar-refractivity contribution in [3.8, 4) is 0 Å². The third kappa shape index (κ3) is 2.58. The second-order valence-corrected chi connectivity index (χ2v) is 4.65. The minimum Gasteiger partial charge on any atom is -0.465 e. The van der Waals surface area contributed by atoms with Crippen LogP contribution in [0.1, 0.15) is 44.9 Å². The Hall–Kier alpha value is -0.860. The Morgan fingerprint density at radius 3 is 2.73 bits per heavy atom. The van der Waals surface area contributed by atoms with Gasteiger partial charge in [-0.15, -0.1) is 0 Å². The second kappa shape index (κ2) is 4.77. The Morgan fingerprint density at radius 1 is 1.00 bits per heavy atom. The molecule has 1 saturated heterocycles. The van der Waals surface area contributed by atoms with Crippen LogP contribution in [0.25, 0.3) is 0 Å². The lowest BCUT2D eigenvalue weighted by atomic mass is 9.79. The standard InChI is InChI=1S/C12H18O3/c13-10-4-1-5-11-9(6-7-10)3-2-8-15-12(11)14/h9,11H,1-8H2. The van der Waals surface area contributed by atoms with Gasteiger partial charge in [0, 0.05) is 12.8 Å². The second-order valence-electron chi connectivity index (χ2n) is 4.65. The molecule has 0 aromatic carbocycles. The van der Waals surface area contributed by atoms with Gasteiger partial charge in [-0.05, 0) is 38.0 Å². The van der Waals surface area contributed by atoms with Gasteiger partial charge in [0.1, 0.15) is 5.78 Å². The molecule has 15 heavy (non-hydrogen) atoms. The van der Waals surface area contributed by atoms with E-state index < -0.39 is 0 Å². The smallest absolute Gasteiger partial charge is 0.309 e. The van der Waals surface area contributed by atoms with Crippen molar-refractivity contribution >= 4 is 11.8 Å². The van der Waals surface area contributed by atoms with Crippen LogP contribution in [0.15, 0.2) is 0 Å². The molecule has 2 rings (SSSR count). The highest BCUT2D eigenvalue weighted by molar-refractivity contribution is 5.79. The van der Waals surface area contributed by atoms with Gasteiger partial charge in [0.15, 0.2) is 0 Å². The molecule has 0 aromatic rings. The van der Waals surface area contributed by atoms with E-state index in [0.717, 1.165) is 32.1 Å². The maximum Gasteiger partial charge on any atom is 0.309 e. The van der Waals surface area contributed by atoms with E-state index in [9.17, 15) is 9.59 Å². The predicted octanol–water partition coefficient (Wildman–Crippen LogP) is 2.09. The number of ether oxygens (including phenoxy) is 1. The van der Waals surface area contributed by atoms with E-state index in [0.29, 0.717) is 31.1 Å². The molecule has 0 N–H and O–H groups in total. The summed E-state index contributed by atoms with van der Waals surface area (Å²) in [4.78, 5) is 23.0. The molecule has 0 bridgehead atoms. The molecule has 0 amide bonds. The molecule has 84 valence electrons. The molecule has 3 nitrogen and oxygen atoms in total. The van der Waals surface area contributed by atoms with Crippen LogP contribution in [0.4, 0.5) is 0 Å². The van der Waals surface area contributed by atoms with Gasteiger partial charge in [0.25, 0.3) is 0 Å². The summed E-state index contributed by atoms with van der Waals surface area (Å²) in [6.45, 7) is 0.569. The van der Waals surface area contributed by atoms with Crippen molar-refractivity contribution in [2.24, 2.45) is 11.8 Å². The fraction of sp³-hybridized carbons (Fsp3) is 0.833. The summed E-state index contributed by atoms with van der Waals surface area (Å²) in [5, 5.41) is 0. The molecule has 0 spiro atoms. The zero-order valence-corrected chi connectivity index (χ0v) is 9.04. The first-order valence-electron chi connectivity index (χ1n) is 5.95. The van der Waals surface area contributed by atoms with Crippen molar-refractivity contribution in [2.75, 3.05) is 6.61 Å². The third-order valence-electron chi connectivity index (χ3n) is 3.60. The number of rotatable bonds is 0. The van der Waals surface area contributed by atoms with Crippen LogP contribution in [0.3, 0.4) is 0 Å². The van der Waals surface area contributed by atoms with Crippen LogP contribution in [-0.4, -0.2) is 18.4 Å². The quantitative estimate of drug-likeness (QED) is 0.575. The Morgan fingerprint density at radius 2 is 1.87 bits per heavy atom. The number of ketones is 1. The molecular weight excluding hydrogens is 192 g/mol. The van der Waals surface area contributed by atoms with Crippen molar-refractivity contribution in [1.82, 2.24) is 0 Å². The number of hydrogen-bond donors (Lipinski definition) is 0. The van der Waals surface area contributed by atoms with Crippen molar-refractivity contribution < 1.29 is 14.3 Å². The van der Waals surface area contributed by atoms with Gasteiger partial charge in [-0.1, -0.05) is 0 Å². The largest absolute Gasteiger partial charge is 0.465 e. The molecule has 0 radical (unpaired) electrons. The van der Waals surface area contributed by atoms with Crippen molar-refractivity contribution in [1.29, 1.82) is 0 Å². The van der Waals surface area contributed by atoms with Crippen LogP contribution in [-0.2, 0) is 14.3 Å². The first-order valence-corrected chi connectivity index (χ1v) is 5.95. The molecule has 3 heteroatoms. The number of hydrogen-bond acceptors (Lipinski definition) is 3. The van der Waals surface area contributed by atoms with Gasteiger partial charge in [-0.25, -0.2) is 0 Å². The van der Waals surface area contributed by atoms with Gasteiger partial charge < -0.3 is 4.74 Å². The zero-order chi connectivity index (χ0) is 10.7. The normalized spacial score (nSPS) is 33.3. The summed E-state index contributed by atoms with van der Waals surface area (Å²) in [5.74, 6) is 0.808. The van der Waals surface area contributed by atoms with Crippen LogP contribution in [0.5, 0.6) is 0 Å². The highest BCUT2D eigenvalue weighted by Gasteiger charge is 2.32. The number of carbonyl (C=O) groups excluding carboxylic acids is 2. The van der Waals surface area contributed by atoms with Crippen molar-refractivity contribution in [2.45, 2.75) is 44.9 Å². The lowest BCUT2D eigenvalue weighted by Gasteiger charge is -2.24. The fourth-order valence-corrected chi connectivity index (χ4v) is 2.71. The molecule has 2 atom stereocenters. The molecule has 1 aliphatic heterocycles. The molecule has 2 fully saturated rings. The number of carbonyl (C=O) groups is 2. The minimum absolute atomic E-state index is 0.0214. The zero-order valence-electron chi connectivity index (χ0n) is 9.04. The van der Waals surface area contributed by atoms with E-state index in [4.69, 9.17) is 4.74 Å². The lowest BCUT2D eigenvalue weighted by molar-refractivity contribution is -0.149. The monoisotopic (exact) mass is 210 g/mol. The number of cyclic esters (lactones) is 1. The maximum absolute atomic E-state index is 11.7. The van der Waals surface area contributed by atoms with Gasteiger partial charge in [-0.3, -0.25) is 9.59 Å². The topological polar surface area (TPSA) is 43.4 Å². The van der Waals surface area contributed by atoms with E-state index in [2.05, 4.69) is 0 Å². The average Bonchev–Trinajstić information content (AvgIpc) is 2.36. The van der Waals surface area contributed by atoms with Crippen molar-refractivity contribution in [3.05, 3.63) is 0 Å². The van der Waals surface area contributed by atoms with Crippen LogP contribution in [0, 0.1) is 11.8 Å². The Balaban J connectivity index is 2.06. The third-order valence-corrected chi connectivity index (χ3v) is 3.60. The van der Waals surface area contributed by atoms with E-state index in [-0.39, 0.29) is 11.9 Å². The summed E-state index contributed by atoms with van der Waals surface area (Å²) in [7, 11) is 0. The highest BCUT2D eigenvalue weighted by Crippen LogP contribution is 2.33. The molecule has 2 unspecified atom stereocenters. The fourth-order valence-electron chi connectivity index (χ4n) is 2.71. The SMILES string of the molecule is O=C1CCCC2C(=O)OCCCC2CC1. The molecule has 1 saturated carbocycles. The lowest BCUT2D eigenvalue weighted by Crippen LogP contribution is -2.26. The van der Waals surface area contributed by atoms with E-state index in [1.54, 1.807) is 0 Å². The van der Waals surface area contributed by atoms with Gasteiger partial charge in [-0.2, -0.15) is 0 Å². The summed E-state index contributed by atoms with van der Waals surface area (Å²) in [6.07, 6.45) is 5.90. The van der Waals surface area contributed by atoms with Gasteiger partial charge >= 0.3 is 5.97 Å². The molecule has 0 aromatic heterocycles. The summed E-state index contributed by atoms with van der Waals surface area (Å²) >= 11 is 0. The number of Topliss-reactive ketones (excluding diaryl/α,β-unsaturated/α-hetero) is 1. The van der Waals surface area contributed by atoms with E-state index >= 15 is 0 Å². The van der Waals surface area contributed by atoms with Crippen LogP contribution < -0.4 is 0 Å². The van der Waals surface area contributed by atoms with E-state index in [1.807, 2.05) is 0 Å². The Labute approximate surface area is 90.2 Å². The first-order chi connectivity index (χ1) is 7.27. The van der Waals surface area contributed by atoms with Gasteiger partial charge in [0.05, 0.1) is 12.5 Å². The highest BCUT2D eigenvalue weighted by atomic mass is 16.5. The van der Waals surface area contributed by atoms with Crippen molar-refractivity contribution in [3.63, 3.8) is 0 Å². The molecule has 2 aliphatic rings. The minimum atomic E-state index is -0.0214. The maximum atomic E-state index is 11.7. The summed E-state index contributed by atoms with van der Waals surface area (Å²) in [5.41, 5.74) is 0. The van der Waals surface area contributed by atoms with E-state index in [1.165, 1.54) is 0 Å². The number of fused-ring (bicyclic) bond motifs is 1. The van der Waals surface area contributed by atoms with Gasteiger partial charge in [0.2, 0.25) is 0 Å². The molecular formula is C12H18O3. The number of esters is 1. The summed E-state index contributed by atoms with van der Waals surface area (Å²) in [6, 6.07) is 0. The van der Waals surface area contributed by atoms with Crippen LogP contribution >= 0.6 is 0 Å². The Kier molecular flexibility index (Phi) is 3.39. The summed E-state index contributed by atoms with van der Waals surface area (Å²) < 4.78 is 5.17.